The molecule has 0 saturated heterocycles. The van der Waals surface area contributed by atoms with Gasteiger partial charge in [0, 0.05) is 23.4 Å². The summed E-state index contributed by atoms with van der Waals surface area (Å²) in [4.78, 5) is 12.6. The van der Waals surface area contributed by atoms with E-state index >= 15 is 0 Å². The molecule has 1 aromatic heterocycles. The average molecular weight is 354 g/mol. The Morgan fingerprint density at radius 2 is 1.88 bits per heavy atom. The first-order valence-electron chi connectivity index (χ1n) is 8.89. The summed E-state index contributed by atoms with van der Waals surface area (Å²) in [6.45, 7) is 8.57. The number of carbonyl (C=O) groups excluding carboxylic acids is 1. The van der Waals surface area contributed by atoms with E-state index in [1.54, 1.807) is 12.1 Å². The number of furan rings is 1. The van der Waals surface area contributed by atoms with Gasteiger partial charge in [-0.3, -0.25) is 4.79 Å². The minimum absolute atomic E-state index is 0.00155. The number of aryl methyl sites for hydroxylation is 1. The second-order valence-electron chi connectivity index (χ2n) is 6.91. The standard InChI is InChI=1S/C22H23FO3/c1-5-18(24)21-17-10-14(4)19(25-12-13(2)3)11-20(17)26-22(21)15-6-8-16(23)9-7-15/h6-11,13H,5,12H2,1-4H3. The molecular weight excluding hydrogens is 331 g/mol. The van der Waals surface area contributed by atoms with Crippen molar-refractivity contribution in [1.82, 2.24) is 0 Å². The summed E-state index contributed by atoms with van der Waals surface area (Å²) in [6, 6.07) is 9.76. The highest BCUT2D eigenvalue weighted by Gasteiger charge is 2.22. The number of halogens is 1. The second-order valence-corrected chi connectivity index (χ2v) is 6.91. The molecule has 3 aromatic rings. The van der Waals surface area contributed by atoms with E-state index in [0.717, 1.165) is 16.7 Å². The Hall–Kier alpha value is -2.62. The summed E-state index contributed by atoms with van der Waals surface area (Å²) in [5.41, 5.74) is 2.79. The van der Waals surface area contributed by atoms with Gasteiger partial charge in [0.1, 0.15) is 22.9 Å². The van der Waals surface area contributed by atoms with E-state index in [0.29, 0.717) is 41.4 Å². The molecule has 0 radical (unpaired) electrons. The summed E-state index contributed by atoms with van der Waals surface area (Å²) in [5, 5.41) is 0.769. The summed E-state index contributed by atoms with van der Waals surface area (Å²) >= 11 is 0. The number of rotatable bonds is 6. The molecule has 0 bridgehead atoms. The van der Waals surface area contributed by atoms with Crippen LogP contribution in [0.25, 0.3) is 22.3 Å². The highest BCUT2D eigenvalue weighted by Crippen LogP contribution is 2.37. The Morgan fingerprint density at radius 1 is 1.19 bits per heavy atom. The lowest BCUT2D eigenvalue weighted by molar-refractivity contribution is 0.0989. The normalized spacial score (nSPS) is 11.3. The molecule has 0 unspecified atom stereocenters. The maximum atomic E-state index is 13.3. The van der Waals surface area contributed by atoms with Crippen LogP contribution in [-0.2, 0) is 0 Å². The van der Waals surface area contributed by atoms with Crippen molar-refractivity contribution in [3.05, 3.63) is 53.3 Å². The quantitative estimate of drug-likeness (QED) is 0.497. The third kappa shape index (κ3) is 3.50. The van der Waals surface area contributed by atoms with Crippen molar-refractivity contribution in [3.8, 4) is 17.1 Å². The molecule has 0 N–H and O–H groups in total. The summed E-state index contributed by atoms with van der Waals surface area (Å²) in [7, 11) is 0. The summed E-state index contributed by atoms with van der Waals surface area (Å²) in [6.07, 6.45) is 0.369. The number of fused-ring (bicyclic) bond motifs is 1. The van der Waals surface area contributed by atoms with Crippen LogP contribution in [-0.4, -0.2) is 12.4 Å². The Balaban J connectivity index is 2.17. The fourth-order valence-corrected chi connectivity index (χ4v) is 2.90. The van der Waals surface area contributed by atoms with Crippen LogP contribution in [0.3, 0.4) is 0 Å². The Morgan fingerprint density at radius 3 is 2.50 bits per heavy atom. The van der Waals surface area contributed by atoms with E-state index in [2.05, 4.69) is 13.8 Å². The average Bonchev–Trinajstić information content (AvgIpc) is 2.97. The smallest absolute Gasteiger partial charge is 0.167 e. The summed E-state index contributed by atoms with van der Waals surface area (Å²) < 4.78 is 25.2. The van der Waals surface area contributed by atoms with E-state index in [-0.39, 0.29) is 11.6 Å². The number of benzene rings is 2. The lowest BCUT2D eigenvalue weighted by Gasteiger charge is -2.11. The molecule has 4 heteroatoms. The molecule has 2 aromatic carbocycles. The molecule has 136 valence electrons. The van der Waals surface area contributed by atoms with Crippen LogP contribution in [0.5, 0.6) is 5.75 Å². The number of ether oxygens (including phenoxy) is 1. The monoisotopic (exact) mass is 354 g/mol. The van der Waals surface area contributed by atoms with Gasteiger partial charge in [-0.2, -0.15) is 0 Å². The minimum Gasteiger partial charge on any atom is -0.493 e. The SMILES string of the molecule is CCC(=O)c1c(-c2ccc(F)cc2)oc2cc(OCC(C)C)c(C)cc12. The van der Waals surface area contributed by atoms with Crippen molar-refractivity contribution in [2.75, 3.05) is 6.61 Å². The lowest BCUT2D eigenvalue weighted by atomic mass is 9.99. The maximum absolute atomic E-state index is 13.3. The van der Waals surface area contributed by atoms with Gasteiger partial charge in [0.2, 0.25) is 0 Å². The van der Waals surface area contributed by atoms with Gasteiger partial charge in [-0.25, -0.2) is 4.39 Å². The predicted octanol–water partition coefficient (Wildman–Crippen LogP) is 6.17. The van der Waals surface area contributed by atoms with E-state index in [1.165, 1.54) is 12.1 Å². The zero-order chi connectivity index (χ0) is 18.8. The second kappa shape index (κ2) is 7.32. The fraction of sp³-hybridized carbons (Fsp3) is 0.318. The Bertz CT molecular complexity index is 936. The highest BCUT2D eigenvalue weighted by atomic mass is 19.1. The van der Waals surface area contributed by atoms with Gasteiger partial charge in [0.05, 0.1) is 12.2 Å². The van der Waals surface area contributed by atoms with E-state index in [1.807, 2.05) is 26.0 Å². The lowest BCUT2D eigenvalue weighted by Crippen LogP contribution is -2.05. The van der Waals surface area contributed by atoms with Gasteiger partial charge in [0.15, 0.2) is 5.78 Å². The molecule has 1 heterocycles. The van der Waals surface area contributed by atoms with Crippen LogP contribution >= 0.6 is 0 Å². The van der Waals surface area contributed by atoms with E-state index < -0.39 is 0 Å². The van der Waals surface area contributed by atoms with Crippen LogP contribution < -0.4 is 4.74 Å². The first-order valence-corrected chi connectivity index (χ1v) is 8.89. The predicted molar refractivity (Wildman–Crippen MR) is 101 cm³/mol. The third-order valence-electron chi connectivity index (χ3n) is 4.26. The molecule has 3 nitrogen and oxygen atoms in total. The van der Waals surface area contributed by atoms with Crippen molar-refractivity contribution in [2.24, 2.45) is 5.92 Å². The first kappa shape index (κ1) is 18.2. The van der Waals surface area contributed by atoms with Gasteiger partial charge in [0.25, 0.3) is 0 Å². The van der Waals surface area contributed by atoms with Crippen LogP contribution in [0.15, 0.2) is 40.8 Å². The number of hydrogen-bond acceptors (Lipinski definition) is 3. The molecular formula is C22H23FO3. The Labute approximate surface area is 152 Å². The first-order chi connectivity index (χ1) is 12.4. The number of ketones is 1. The van der Waals surface area contributed by atoms with Gasteiger partial charge in [-0.1, -0.05) is 20.8 Å². The molecule has 0 spiro atoms. The van der Waals surface area contributed by atoms with Crippen LogP contribution in [0.2, 0.25) is 0 Å². The molecule has 0 amide bonds. The highest BCUT2D eigenvalue weighted by molar-refractivity contribution is 6.12. The third-order valence-corrected chi connectivity index (χ3v) is 4.26. The maximum Gasteiger partial charge on any atom is 0.167 e. The van der Waals surface area contributed by atoms with Crippen molar-refractivity contribution < 1.29 is 18.3 Å². The summed E-state index contributed by atoms with van der Waals surface area (Å²) in [5.74, 6) is 1.31. The number of hydrogen-bond donors (Lipinski definition) is 0. The molecule has 0 saturated carbocycles. The van der Waals surface area contributed by atoms with E-state index in [9.17, 15) is 9.18 Å². The van der Waals surface area contributed by atoms with Crippen molar-refractivity contribution in [3.63, 3.8) is 0 Å². The van der Waals surface area contributed by atoms with Gasteiger partial charge in [-0.05, 0) is 48.7 Å². The van der Waals surface area contributed by atoms with Crippen molar-refractivity contribution in [2.45, 2.75) is 34.1 Å². The van der Waals surface area contributed by atoms with Crippen LogP contribution in [0.4, 0.5) is 4.39 Å². The van der Waals surface area contributed by atoms with Crippen LogP contribution in [0, 0.1) is 18.7 Å². The zero-order valence-electron chi connectivity index (χ0n) is 15.6. The molecule has 0 atom stereocenters. The van der Waals surface area contributed by atoms with Gasteiger partial charge in [-0.15, -0.1) is 0 Å². The largest absolute Gasteiger partial charge is 0.493 e. The fourth-order valence-electron chi connectivity index (χ4n) is 2.90. The Kier molecular flexibility index (Phi) is 5.12. The number of carbonyl (C=O) groups is 1. The van der Waals surface area contributed by atoms with Crippen molar-refractivity contribution >= 4 is 16.8 Å². The van der Waals surface area contributed by atoms with Gasteiger partial charge >= 0.3 is 0 Å². The van der Waals surface area contributed by atoms with Crippen LogP contribution in [0.1, 0.15) is 43.1 Å². The topological polar surface area (TPSA) is 39.4 Å². The van der Waals surface area contributed by atoms with Crippen molar-refractivity contribution in [1.29, 1.82) is 0 Å². The van der Waals surface area contributed by atoms with Gasteiger partial charge < -0.3 is 9.15 Å². The molecule has 0 aliphatic rings. The molecule has 0 fully saturated rings. The zero-order valence-corrected chi connectivity index (χ0v) is 15.6. The molecule has 3 rings (SSSR count). The minimum atomic E-state index is -0.326. The number of Topliss-reactive ketones (excluding diaryl/α,β-unsaturated/α-hetero) is 1. The molecule has 0 aliphatic heterocycles. The molecule has 26 heavy (non-hydrogen) atoms. The molecule has 0 aliphatic carbocycles. The van der Waals surface area contributed by atoms with E-state index in [4.69, 9.17) is 9.15 Å².